The molecule has 1 aliphatic heterocycles. The minimum Gasteiger partial charge on any atom is -0.363 e. The molecule has 1 saturated carbocycles. The number of H-pyrrole nitrogens is 1. The largest absolute Gasteiger partial charge is 0.363 e. The zero-order valence-corrected chi connectivity index (χ0v) is 12.3. The fraction of sp³-hybridized carbons (Fsp3) is 0.389. The molecule has 1 N–H and O–H groups in total. The summed E-state index contributed by atoms with van der Waals surface area (Å²) in [6.07, 6.45) is 5.93. The molecule has 1 atom stereocenters. The maximum Gasteiger partial charge on any atom is 0.256 e. The number of likely N-dealkylation sites (N-methyl/N-ethyl adjacent to an activating group) is 1. The van der Waals surface area contributed by atoms with Crippen molar-refractivity contribution in [3.8, 4) is 11.1 Å². The van der Waals surface area contributed by atoms with Crippen LogP contribution in [-0.2, 0) is 0 Å². The van der Waals surface area contributed by atoms with Crippen LogP contribution in [-0.4, -0.2) is 29.4 Å². The normalized spacial score (nSPS) is 21.5. The number of aromatic nitrogens is 1. The van der Waals surface area contributed by atoms with E-state index in [0.29, 0.717) is 5.92 Å². The van der Waals surface area contributed by atoms with Gasteiger partial charge in [0.1, 0.15) is 0 Å². The molecule has 0 saturated heterocycles. The number of amides is 1. The van der Waals surface area contributed by atoms with E-state index in [2.05, 4.69) is 17.1 Å². The number of carbonyl (C=O) groups excluding carboxylic acids is 1. The molecule has 4 rings (SSSR count). The van der Waals surface area contributed by atoms with Gasteiger partial charge in [0.2, 0.25) is 0 Å². The summed E-state index contributed by atoms with van der Waals surface area (Å²) in [4.78, 5) is 17.9. The second-order valence-corrected chi connectivity index (χ2v) is 6.42. The van der Waals surface area contributed by atoms with Crippen molar-refractivity contribution in [2.24, 2.45) is 5.92 Å². The molecular weight excluding hydrogens is 260 g/mol. The molecule has 3 heteroatoms. The lowest BCUT2D eigenvalue weighted by Crippen LogP contribution is -2.37. The summed E-state index contributed by atoms with van der Waals surface area (Å²) >= 11 is 0. The van der Waals surface area contributed by atoms with Crippen LogP contribution in [0.1, 0.15) is 41.2 Å². The Morgan fingerprint density at radius 3 is 2.71 bits per heavy atom. The Kier molecular flexibility index (Phi) is 2.88. The number of hydrogen-bond acceptors (Lipinski definition) is 1. The molecule has 2 aromatic rings. The van der Waals surface area contributed by atoms with Crippen LogP contribution in [0.15, 0.2) is 36.5 Å². The Bertz CT molecular complexity index is 670. The highest BCUT2D eigenvalue weighted by Gasteiger charge is 2.36. The first-order chi connectivity index (χ1) is 10.2. The van der Waals surface area contributed by atoms with Gasteiger partial charge >= 0.3 is 0 Å². The fourth-order valence-electron chi connectivity index (χ4n) is 3.48. The Hall–Kier alpha value is -2.03. The standard InChI is InChI=1S/C18H20N2O/c1-20-11-14(9-12-7-8-12)17-16(18(20)21)15(10-19-17)13-5-3-2-4-6-13/h2-6,10,12,14,19H,7-9,11H2,1H3. The highest BCUT2D eigenvalue weighted by molar-refractivity contribution is 6.03. The summed E-state index contributed by atoms with van der Waals surface area (Å²) in [6, 6.07) is 10.2. The van der Waals surface area contributed by atoms with E-state index in [4.69, 9.17) is 0 Å². The Balaban J connectivity index is 1.78. The van der Waals surface area contributed by atoms with Crippen molar-refractivity contribution < 1.29 is 4.79 Å². The number of nitrogens with zero attached hydrogens (tertiary/aromatic N) is 1. The lowest BCUT2D eigenvalue weighted by molar-refractivity contribution is 0.0761. The van der Waals surface area contributed by atoms with E-state index in [-0.39, 0.29) is 5.91 Å². The quantitative estimate of drug-likeness (QED) is 0.915. The van der Waals surface area contributed by atoms with Gasteiger partial charge in [-0.1, -0.05) is 43.2 Å². The number of carbonyl (C=O) groups is 1. The summed E-state index contributed by atoms with van der Waals surface area (Å²) in [6.45, 7) is 0.844. The topological polar surface area (TPSA) is 36.1 Å². The summed E-state index contributed by atoms with van der Waals surface area (Å²) < 4.78 is 0. The van der Waals surface area contributed by atoms with Crippen LogP contribution in [0.2, 0.25) is 0 Å². The van der Waals surface area contributed by atoms with Crippen LogP contribution in [0.3, 0.4) is 0 Å². The first-order valence-corrected chi connectivity index (χ1v) is 7.76. The summed E-state index contributed by atoms with van der Waals surface area (Å²) in [5, 5.41) is 0. The van der Waals surface area contributed by atoms with Gasteiger partial charge in [-0.25, -0.2) is 0 Å². The Morgan fingerprint density at radius 1 is 1.24 bits per heavy atom. The third-order valence-electron chi connectivity index (χ3n) is 4.77. The zero-order chi connectivity index (χ0) is 14.4. The number of benzene rings is 1. The van der Waals surface area contributed by atoms with E-state index in [1.165, 1.54) is 19.3 Å². The van der Waals surface area contributed by atoms with Crippen LogP contribution in [0.25, 0.3) is 11.1 Å². The van der Waals surface area contributed by atoms with E-state index < -0.39 is 0 Å². The van der Waals surface area contributed by atoms with Crippen LogP contribution in [0, 0.1) is 5.92 Å². The maximum atomic E-state index is 12.6. The van der Waals surface area contributed by atoms with Crippen molar-refractivity contribution in [1.82, 2.24) is 9.88 Å². The van der Waals surface area contributed by atoms with Gasteiger partial charge in [0.05, 0.1) is 5.56 Å². The van der Waals surface area contributed by atoms with Crippen molar-refractivity contribution in [1.29, 1.82) is 0 Å². The van der Waals surface area contributed by atoms with Gasteiger partial charge in [-0.3, -0.25) is 4.79 Å². The Labute approximate surface area is 125 Å². The van der Waals surface area contributed by atoms with Crippen LogP contribution in [0.4, 0.5) is 0 Å². The molecular formula is C18H20N2O. The van der Waals surface area contributed by atoms with Crippen LogP contribution < -0.4 is 0 Å². The lowest BCUT2D eigenvalue weighted by atomic mass is 9.89. The fourth-order valence-corrected chi connectivity index (χ4v) is 3.48. The molecule has 1 fully saturated rings. The third kappa shape index (κ3) is 2.17. The average molecular weight is 280 g/mol. The van der Waals surface area contributed by atoms with E-state index in [9.17, 15) is 4.79 Å². The molecule has 0 spiro atoms. The number of hydrogen-bond donors (Lipinski definition) is 1. The van der Waals surface area contributed by atoms with E-state index in [1.807, 2.05) is 36.3 Å². The first kappa shape index (κ1) is 12.7. The van der Waals surface area contributed by atoms with Gasteiger partial charge in [0.15, 0.2) is 0 Å². The predicted octanol–water partition coefficient (Wildman–Crippen LogP) is 3.65. The van der Waals surface area contributed by atoms with E-state index in [1.54, 1.807) is 0 Å². The molecule has 3 nitrogen and oxygen atoms in total. The number of fused-ring (bicyclic) bond motifs is 1. The van der Waals surface area contributed by atoms with E-state index >= 15 is 0 Å². The van der Waals surface area contributed by atoms with Gasteiger partial charge in [-0.15, -0.1) is 0 Å². The summed E-state index contributed by atoms with van der Waals surface area (Å²) in [7, 11) is 1.92. The van der Waals surface area contributed by atoms with Crippen molar-refractivity contribution in [2.75, 3.05) is 13.6 Å². The van der Waals surface area contributed by atoms with Crippen molar-refractivity contribution in [3.63, 3.8) is 0 Å². The SMILES string of the molecule is CN1CC(CC2CC2)c2[nH]cc(-c3ccccc3)c2C1=O. The van der Waals surface area contributed by atoms with Crippen LogP contribution in [0.5, 0.6) is 0 Å². The molecule has 0 bridgehead atoms. The van der Waals surface area contributed by atoms with Gasteiger partial charge in [0.25, 0.3) is 5.91 Å². The second-order valence-electron chi connectivity index (χ2n) is 6.42. The maximum absolute atomic E-state index is 12.6. The average Bonchev–Trinajstić information content (AvgIpc) is 3.20. The molecule has 1 aromatic heterocycles. The molecule has 1 unspecified atom stereocenters. The molecule has 2 heterocycles. The smallest absolute Gasteiger partial charge is 0.256 e. The molecule has 1 aromatic carbocycles. The zero-order valence-electron chi connectivity index (χ0n) is 12.3. The van der Waals surface area contributed by atoms with Crippen LogP contribution >= 0.6 is 0 Å². The predicted molar refractivity (Wildman–Crippen MR) is 83.3 cm³/mol. The number of aromatic amines is 1. The molecule has 2 aliphatic rings. The molecule has 1 amide bonds. The van der Waals surface area contributed by atoms with Gasteiger partial charge in [0, 0.05) is 37.0 Å². The number of nitrogens with one attached hydrogen (secondary N) is 1. The van der Waals surface area contributed by atoms with Crippen molar-refractivity contribution in [3.05, 3.63) is 47.8 Å². The highest BCUT2D eigenvalue weighted by Crippen LogP contribution is 2.42. The second kappa shape index (κ2) is 4.76. The van der Waals surface area contributed by atoms with E-state index in [0.717, 1.165) is 34.8 Å². The molecule has 108 valence electrons. The molecule has 0 radical (unpaired) electrons. The van der Waals surface area contributed by atoms with Gasteiger partial charge in [-0.2, -0.15) is 0 Å². The highest BCUT2D eigenvalue weighted by atomic mass is 16.2. The Morgan fingerprint density at radius 2 is 2.00 bits per heavy atom. The minimum absolute atomic E-state index is 0.150. The van der Waals surface area contributed by atoms with Crippen molar-refractivity contribution >= 4 is 5.91 Å². The number of rotatable bonds is 3. The monoisotopic (exact) mass is 280 g/mol. The molecule has 1 aliphatic carbocycles. The first-order valence-electron chi connectivity index (χ1n) is 7.76. The van der Waals surface area contributed by atoms with Gasteiger partial charge < -0.3 is 9.88 Å². The summed E-state index contributed by atoms with van der Waals surface area (Å²) in [5.74, 6) is 1.48. The molecule has 21 heavy (non-hydrogen) atoms. The van der Waals surface area contributed by atoms with Crippen molar-refractivity contribution in [2.45, 2.75) is 25.2 Å². The lowest BCUT2D eigenvalue weighted by Gasteiger charge is -2.30. The van der Waals surface area contributed by atoms with Gasteiger partial charge in [-0.05, 0) is 17.9 Å². The third-order valence-corrected chi connectivity index (χ3v) is 4.77. The minimum atomic E-state index is 0.150. The summed E-state index contributed by atoms with van der Waals surface area (Å²) in [5.41, 5.74) is 4.20.